The Balaban J connectivity index is 2.32. The van der Waals surface area contributed by atoms with E-state index in [-0.39, 0.29) is 5.91 Å². The molecule has 0 fully saturated rings. The van der Waals surface area contributed by atoms with Crippen LogP contribution in [0.4, 0.5) is 0 Å². The molecule has 0 aliphatic rings. The second-order valence-corrected chi connectivity index (χ2v) is 5.05. The molecule has 0 atom stereocenters. The number of nitrogens with one attached hydrogen (secondary N) is 1. The van der Waals surface area contributed by atoms with Gasteiger partial charge in [0.1, 0.15) is 12.4 Å². The molecule has 0 aliphatic carbocycles. The van der Waals surface area contributed by atoms with Crippen molar-refractivity contribution in [3.05, 3.63) is 28.3 Å². The summed E-state index contributed by atoms with van der Waals surface area (Å²) in [4.78, 5) is 11.4. The lowest BCUT2D eigenvalue weighted by Crippen LogP contribution is -2.27. The van der Waals surface area contributed by atoms with Crippen LogP contribution in [0.5, 0.6) is 5.75 Å². The molecule has 1 N–H and O–H groups in total. The van der Waals surface area contributed by atoms with E-state index >= 15 is 0 Å². The fourth-order valence-corrected chi connectivity index (χ4v) is 1.88. The molecule has 1 aromatic carbocycles. The fraction of sp³-hybridized carbons (Fsp3) is 0.533. The standard InChI is InChI=1S/C15H22ClNO2/c1-4-5-6-14(18)17-7-8-19-13-9-11(2)15(16)12(3)10-13/h9-10H,4-8H2,1-3H3,(H,17,18). The number of amides is 1. The topological polar surface area (TPSA) is 38.3 Å². The molecular weight excluding hydrogens is 262 g/mol. The number of carbonyl (C=O) groups is 1. The molecule has 0 aromatic heterocycles. The minimum absolute atomic E-state index is 0.0916. The zero-order valence-corrected chi connectivity index (χ0v) is 12.6. The first-order chi connectivity index (χ1) is 9.04. The molecule has 0 spiro atoms. The van der Waals surface area contributed by atoms with Crippen LogP contribution in [0.3, 0.4) is 0 Å². The van der Waals surface area contributed by atoms with Gasteiger partial charge in [-0.2, -0.15) is 0 Å². The van der Waals surface area contributed by atoms with Crippen molar-refractivity contribution in [1.82, 2.24) is 5.32 Å². The maximum absolute atomic E-state index is 11.4. The lowest BCUT2D eigenvalue weighted by atomic mass is 10.1. The molecule has 0 saturated heterocycles. The van der Waals surface area contributed by atoms with Crippen LogP contribution in [0.25, 0.3) is 0 Å². The van der Waals surface area contributed by atoms with Crippen LogP contribution in [-0.4, -0.2) is 19.1 Å². The highest BCUT2D eigenvalue weighted by atomic mass is 35.5. The highest BCUT2D eigenvalue weighted by Crippen LogP contribution is 2.25. The third kappa shape index (κ3) is 5.52. The molecule has 0 bridgehead atoms. The van der Waals surface area contributed by atoms with Crippen LogP contribution in [0.1, 0.15) is 37.3 Å². The Morgan fingerprint density at radius 1 is 1.32 bits per heavy atom. The van der Waals surface area contributed by atoms with E-state index < -0.39 is 0 Å². The monoisotopic (exact) mass is 283 g/mol. The van der Waals surface area contributed by atoms with Crippen molar-refractivity contribution < 1.29 is 9.53 Å². The van der Waals surface area contributed by atoms with Crippen LogP contribution in [0, 0.1) is 13.8 Å². The maximum atomic E-state index is 11.4. The summed E-state index contributed by atoms with van der Waals surface area (Å²) in [5.74, 6) is 0.885. The Labute approximate surface area is 120 Å². The maximum Gasteiger partial charge on any atom is 0.220 e. The van der Waals surface area contributed by atoms with Crippen molar-refractivity contribution in [3.8, 4) is 5.75 Å². The van der Waals surface area contributed by atoms with Gasteiger partial charge < -0.3 is 10.1 Å². The Morgan fingerprint density at radius 3 is 2.53 bits per heavy atom. The van der Waals surface area contributed by atoms with Crippen LogP contribution in [0.15, 0.2) is 12.1 Å². The average Bonchev–Trinajstić information content (AvgIpc) is 2.38. The van der Waals surface area contributed by atoms with E-state index in [1.54, 1.807) is 0 Å². The first kappa shape index (κ1) is 15.8. The van der Waals surface area contributed by atoms with E-state index in [4.69, 9.17) is 16.3 Å². The first-order valence-electron chi connectivity index (χ1n) is 6.70. The molecule has 1 aromatic rings. The van der Waals surface area contributed by atoms with Crippen molar-refractivity contribution in [2.75, 3.05) is 13.2 Å². The van der Waals surface area contributed by atoms with Gasteiger partial charge in [-0.3, -0.25) is 4.79 Å². The van der Waals surface area contributed by atoms with Gasteiger partial charge in [-0.05, 0) is 43.5 Å². The van der Waals surface area contributed by atoms with Gasteiger partial charge in [0.05, 0.1) is 6.54 Å². The number of unbranched alkanes of at least 4 members (excludes halogenated alkanes) is 1. The minimum atomic E-state index is 0.0916. The zero-order chi connectivity index (χ0) is 14.3. The average molecular weight is 284 g/mol. The van der Waals surface area contributed by atoms with E-state index in [1.165, 1.54) is 0 Å². The molecule has 0 radical (unpaired) electrons. The number of benzene rings is 1. The zero-order valence-electron chi connectivity index (χ0n) is 11.9. The van der Waals surface area contributed by atoms with E-state index in [0.717, 1.165) is 34.7 Å². The van der Waals surface area contributed by atoms with Crippen molar-refractivity contribution in [1.29, 1.82) is 0 Å². The molecule has 0 aliphatic heterocycles. The normalized spacial score (nSPS) is 10.3. The highest BCUT2D eigenvalue weighted by molar-refractivity contribution is 6.32. The van der Waals surface area contributed by atoms with E-state index in [2.05, 4.69) is 12.2 Å². The van der Waals surface area contributed by atoms with Gasteiger partial charge in [-0.25, -0.2) is 0 Å². The third-order valence-corrected chi connectivity index (χ3v) is 3.46. The number of hydrogen-bond donors (Lipinski definition) is 1. The van der Waals surface area contributed by atoms with Crippen molar-refractivity contribution in [2.24, 2.45) is 0 Å². The Kier molecular flexibility index (Phi) is 6.71. The molecule has 4 heteroatoms. The van der Waals surface area contributed by atoms with Gasteiger partial charge in [-0.15, -0.1) is 0 Å². The first-order valence-corrected chi connectivity index (χ1v) is 7.08. The lowest BCUT2D eigenvalue weighted by Gasteiger charge is -2.10. The second-order valence-electron chi connectivity index (χ2n) is 4.67. The van der Waals surface area contributed by atoms with Crippen LogP contribution >= 0.6 is 11.6 Å². The lowest BCUT2D eigenvalue weighted by molar-refractivity contribution is -0.121. The predicted molar refractivity (Wildman–Crippen MR) is 79.0 cm³/mol. The van der Waals surface area contributed by atoms with Crippen molar-refractivity contribution in [3.63, 3.8) is 0 Å². The molecule has 0 heterocycles. The van der Waals surface area contributed by atoms with Crippen LogP contribution in [-0.2, 0) is 4.79 Å². The Hall–Kier alpha value is -1.22. The van der Waals surface area contributed by atoms with Crippen molar-refractivity contribution in [2.45, 2.75) is 40.0 Å². The number of halogens is 1. The van der Waals surface area contributed by atoms with E-state index in [9.17, 15) is 4.79 Å². The van der Waals surface area contributed by atoms with Crippen molar-refractivity contribution >= 4 is 17.5 Å². The summed E-state index contributed by atoms with van der Waals surface area (Å²) in [6.45, 7) is 6.98. The van der Waals surface area contributed by atoms with Gasteiger partial charge in [0.15, 0.2) is 0 Å². The largest absolute Gasteiger partial charge is 0.492 e. The molecule has 0 unspecified atom stereocenters. The summed E-state index contributed by atoms with van der Waals surface area (Å²) in [7, 11) is 0. The molecule has 106 valence electrons. The van der Waals surface area contributed by atoms with Crippen LogP contribution < -0.4 is 10.1 Å². The number of rotatable bonds is 7. The summed E-state index contributed by atoms with van der Waals surface area (Å²) < 4.78 is 5.60. The summed E-state index contributed by atoms with van der Waals surface area (Å²) >= 11 is 6.09. The minimum Gasteiger partial charge on any atom is -0.492 e. The van der Waals surface area contributed by atoms with Gasteiger partial charge >= 0.3 is 0 Å². The smallest absolute Gasteiger partial charge is 0.220 e. The highest BCUT2D eigenvalue weighted by Gasteiger charge is 2.04. The Bertz CT molecular complexity index is 409. The fourth-order valence-electron chi connectivity index (χ4n) is 1.77. The predicted octanol–water partition coefficient (Wildman–Crippen LogP) is 3.64. The van der Waals surface area contributed by atoms with Gasteiger partial charge in [0.25, 0.3) is 0 Å². The van der Waals surface area contributed by atoms with E-state index in [0.29, 0.717) is 19.6 Å². The molecule has 0 saturated carbocycles. The number of hydrogen-bond acceptors (Lipinski definition) is 2. The van der Waals surface area contributed by atoms with Gasteiger partial charge in [0, 0.05) is 11.4 Å². The third-order valence-electron chi connectivity index (χ3n) is 2.86. The molecule has 19 heavy (non-hydrogen) atoms. The SMILES string of the molecule is CCCCC(=O)NCCOc1cc(C)c(Cl)c(C)c1. The summed E-state index contributed by atoms with van der Waals surface area (Å²) in [5, 5.41) is 3.62. The summed E-state index contributed by atoms with van der Waals surface area (Å²) in [6.07, 6.45) is 2.56. The summed E-state index contributed by atoms with van der Waals surface area (Å²) in [6, 6.07) is 3.82. The van der Waals surface area contributed by atoms with Gasteiger partial charge in [0.2, 0.25) is 5.91 Å². The Morgan fingerprint density at radius 2 is 1.95 bits per heavy atom. The molecule has 3 nitrogen and oxygen atoms in total. The van der Waals surface area contributed by atoms with E-state index in [1.807, 2.05) is 26.0 Å². The number of ether oxygens (including phenoxy) is 1. The summed E-state index contributed by atoms with van der Waals surface area (Å²) in [5.41, 5.74) is 2.01. The molecule has 1 amide bonds. The molecular formula is C15H22ClNO2. The quantitative estimate of drug-likeness (QED) is 0.776. The van der Waals surface area contributed by atoms with Crippen LogP contribution in [0.2, 0.25) is 5.02 Å². The number of carbonyl (C=O) groups excluding carboxylic acids is 1. The second kappa shape index (κ2) is 8.05. The molecule has 1 rings (SSSR count). The number of aryl methyl sites for hydroxylation is 2. The van der Waals surface area contributed by atoms with Gasteiger partial charge in [-0.1, -0.05) is 24.9 Å².